The van der Waals surface area contributed by atoms with Crippen molar-refractivity contribution in [2.45, 2.75) is 4.90 Å². The fraction of sp³-hybridized carbons (Fsp3) is 0.211. The van der Waals surface area contributed by atoms with E-state index in [1.54, 1.807) is 34.0 Å². The highest BCUT2D eigenvalue weighted by Gasteiger charge is 2.30. The third kappa shape index (κ3) is 3.25. The van der Waals surface area contributed by atoms with Crippen LogP contribution < -0.4 is 4.90 Å². The van der Waals surface area contributed by atoms with Crippen LogP contribution in [0, 0.1) is 0 Å². The summed E-state index contributed by atoms with van der Waals surface area (Å²) in [6.45, 7) is 2.23. The highest BCUT2D eigenvalue weighted by Crippen LogP contribution is 2.30. The SMILES string of the molecule is O=S(=O)(c1ccccc1-c1ccccc1)N1CCN(c2nccs2)CC1. The lowest BCUT2D eigenvalue weighted by atomic mass is 10.1. The first-order valence-electron chi connectivity index (χ1n) is 8.45. The number of sulfonamides is 1. The van der Waals surface area contributed by atoms with E-state index in [0.29, 0.717) is 31.1 Å². The summed E-state index contributed by atoms with van der Waals surface area (Å²) >= 11 is 1.58. The van der Waals surface area contributed by atoms with Gasteiger partial charge in [-0.05, 0) is 11.6 Å². The summed E-state index contributed by atoms with van der Waals surface area (Å²) in [5.74, 6) is 0. The fourth-order valence-corrected chi connectivity index (χ4v) is 5.51. The molecule has 5 nitrogen and oxygen atoms in total. The Morgan fingerprint density at radius 3 is 2.27 bits per heavy atom. The molecule has 1 aliphatic rings. The fourth-order valence-electron chi connectivity index (χ4n) is 3.18. The maximum atomic E-state index is 13.3. The van der Waals surface area contributed by atoms with Crippen LogP contribution in [0.25, 0.3) is 11.1 Å². The van der Waals surface area contributed by atoms with Crippen LogP contribution in [0.2, 0.25) is 0 Å². The molecule has 0 N–H and O–H groups in total. The van der Waals surface area contributed by atoms with Crippen LogP contribution in [-0.4, -0.2) is 43.9 Å². The van der Waals surface area contributed by atoms with Gasteiger partial charge in [0.1, 0.15) is 0 Å². The topological polar surface area (TPSA) is 53.5 Å². The number of nitrogens with zero attached hydrogens (tertiary/aromatic N) is 3. The maximum absolute atomic E-state index is 13.3. The van der Waals surface area contributed by atoms with Crippen molar-refractivity contribution in [1.82, 2.24) is 9.29 Å². The van der Waals surface area contributed by atoms with Crippen molar-refractivity contribution in [3.05, 3.63) is 66.2 Å². The van der Waals surface area contributed by atoms with Crippen molar-refractivity contribution in [3.8, 4) is 11.1 Å². The Morgan fingerprint density at radius 1 is 0.885 bits per heavy atom. The Kier molecular flexibility index (Phi) is 4.76. The molecule has 0 atom stereocenters. The van der Waals surface area contributed by atoms with E-state index in [4.69, 9.17) is 0 Å². The number of aromatic nitrogens is 1. The zero-order chi connectivity index (χ0) is 18.0. The van der Waals surface area contributed by atoms with Crippen LogP contribution in [0.5, 0.6) is 0 Å². The van der Waals surface area contributed by atoms with Gasteiger partial charge in [0.2, 0.25) is 10.0 Å². The molecule has 0 unspecified atom stereocenters. The molecule has 4 rings (SSSR count). The summed E-state index contributed by atoms with van der Waals surface area (Å²) in [4.78, 5) is 6.82. The van der Waals surface area contributed by atoms with E-state index >= 15 is 0 Å². The zero-order valence-corrected chi connectivity index (χ0v) is 15.8. The molecule has 0 amide bonds. The summed E-state index contributed by atoms with van der Waals surface area (Å²) in [5.41, 5.74) is 1.66. The summed E-state index contributed by atoms with van der Waals surface area (Å²) < 4.78 is 28.1. The monoisotopic (exact) mass is 385 g/mol. The summed E-state index contributed by atoms with van der Waals surface area (Å²) in [6, 6.07) is 16.9. The third-order valence-corrected chi connectivity index (χ3v) is 7.31. The van der Waals surface area contributed by atoms with Gasteiger partial charge < -0.3 is 4.90 Å². The van der Waals surface area contributed by atoms with Gasteiger partial charge in [-0.1, -0.05) is 48.5 Å². The van der Waals surface area contributed by atoms with E-state index in [-0.39, 0.29) is 0 Å². The summed E-state index contributed by atoms with van der Waals surface area (Å²) in [7, 11) is -3.54. The Labute approximate surface area is 157 Å². The average molecular weight is 386 g/mol. The second-order valence-corrected chi connectivity index (χ2v) is 8.85. The Morgan fingerprint density at radius 2 is 1.58 bits per heavy atom. The lowest BCUT2D eigenvalue weighted by molar-refractivity contribution is 0.385. The van der Waals surface area contributed by atoms with Gasteiger partial charge in [0.15, 0.2) is 5.13 Å². The minimum absolute atomic E-state index is 0.369. The van der Waals surface area contributed by atoms with Gasteiger partial charge in [-0.2, -0.15) is 4.31 Å². The number of hydrogen-bond acceptors (Lipinski definition) is 5. The smallest absolute Gasteiger partial charge is 0.243 e. The molecule has 7 heteroatoms. The van der Waals surface area contributed by atoms with Crippen LogP contribution in [0.4, 0.5) is 5.13 Å². The van der Waals surface area contributed by atoms with Gasteiger partial charge in [-0.25, -0.2) is 13.4 Å². The van der Waals surface area contributed by atoms with E-state index in [9.17, 15) is 8.42 Å². The maximum Gasteiger partial charge on any atom is 0.243 e. The number of thiazole rings is 1. The highest BCUT2D eigenvalue weighted by atomic mass is 32.2. The second-order valence-electron chi connectivity index (χ2n) is 6.07. The molecule has 0 aliphatic carbocycles. The predicted octanol–water partition coefficient (Wildman–Crippen LogP) is 3.32. The van der Waals surface area contributed by atoms with Gasteiger partial charge in [0.05, 0.1) is 4.90 Å². The van der Waals surface area contributed by atoms with Crippen LogP contribution in [-0.2, 0) is 10.0 Å². The molecule has 1 aromatic heterocycles. The Bertz CT molecular complexity index is 965. The molecule has 3 aromatic rings. The first kappa shape index (κ1) is 17.2. The summed E-state index contributed by atoms with van der Waals surface area (Å²) in [6.07, 6.45) is 1.78. The molecule has 2 heterocycles. The summed E-state index contributed by atoms with van der Waals surface area (Å²) in [5, 5.41) is 2.89. The molecule has 26 heavy (non-hydrogen) atoms. The normalized spacial score (nSPS) is 15.9. The largest absolute Gasteiger partial charge is 0.345 e. The number of piperazine rings is 1. The lowest BCUT2D eigenvalue weighted by Crippen LogP contribution is -2.48. The van der Waals surface area contributed by atoms with E-state index < -0.39 is 10.0 Å². The Balaban J connectivity index is 1.60. The van der Waals surface area contributed by atoms with Crippen LogP contribution >= 0.6 is 11.3 Å². The van der Waals surface area contributed by atoms with E-state index in [0.717, 1.165) is 16.3 Å². The number of rotatable bonds is 4. The van der Waals surface area contributed by atoms with E-state index in [2.05, 4.69) is 9.88 Å². The molecule has 2 aromatic carbocycles. The van der Waals surface area contributed by atoms with Gasteiger partial charge in [-0.15, -0.1) is 11.3 Å². The van der Waals surface area contributed by atoms with Gasteiger partial charge >= 0.3 is 0 Å². The van der Waals surface area contributed by atoms with Crippen molar-refractivity contribution >= 4 is 26.5 Å². The van der Waals surface area contributed by atoms with Crippen LogP contribution in [0.3, 0.4) is 0 Å². The molecule has 134 valence electrons. The van der Waals surface area contributed by atoms with Gasteiger partial charge in [0.25, 0.3) is 0 Å². The molecule has 1 aliphatic heterocycles. The minimum Gasteiger partial charge on any atom is -0.345 e. The molecule has 0 radical (unpaired) electrons. The van der Waals surface area contributed by atoms with Gasteiger partial charge in [-0.3, -0.25) is 0 Å². The van der Waals surface area contributed by atoms with Crippen molar-refractivity contribution < 1.29 is 8.42 Å². The first-order chi connectivity index (χ1) is 12.7. The molecular weight excluding hydrogens is 366 g/mol. The molecule has 1 saturated heterocycles. The van der Waals surface area contributed by atoms with Crippen molar-refractivity contribution in [2.24, 2.45) is 0 Å². The molecule has 0 spiro atoms. The minimum atomic E-state index is -3.54. The second kappa shape index (κ2) is 7.19. The molecule has 1 fully saturated rings. The number of hydrogen-bond donors (Lipinski definition) is 0. The highest BCUT2D eigenvalue weighted by molar-refractivity contribution is 7.89. The van der Waals surface area contributed by atoms with Crippen LogP contribution in [0.1, 0.15) is 0 Å². The van der Waals surface area contributed by atoms with E-state index in [1.165, 1.54) is 0 Å². The average Bonchev–Trinajstić information content (AvgIpc) is 3.24. The van der Waals surface area contributed by atoms with Crippen molar-refractivity contribution in [3.63, 3.8) is 0 Å². The predicted molar refractivity (Wildman–Crippen MR) is 105 cm³/mol. The lowest BCUT2D eigenvalue weighted by Gasteiger charge is -2.34. The van der Waals surface area contributed by atoms with Crippen LogP contribution in [0.15, 0.2) is 71.1 Å². The van der Waals surface area contributed by atoms with Crippen molar-refractivity contribution in [1.29, 1.82) is 0 Å². The standard InChI is InChI=1S/C19H19N3O2S2/c23-26(24,22-13-11-21(12-14-22)19-20-10-15-25-19)18-9-5-4-8-17(18)16-6-2-1-3-7-16/h1-10,15H,11-14H2. The molecule has 0 saturated carbocycles. The third-order valence-electron chi connectivity index (χ3n) is 4.52. The van der Waals surface area contributed by atoms with E-state index in [1.807, 2.05) is 47.8 Å². The number of benzene rings is 2. The Hall–Kier alpha value is -2.22. The number of anilines is 1. The zero-order valence-electron chi connectivity index (χ0n) is 14.2. The quantitative estimate of drug-likeness (QED) is 0.691. The van der Waals surface area contributed by atoms with Gasteiger partial charge in [0, 0.05) is 43.3 Å². The van der Waals surface area contributed by atoms with Crippen molar-refractivity contribution in [2.75, 3.05) is 31.1 Å². The first-order valence-corrected chi connectivity index (χ1v) is 10.8. The molecular formula is C19H19N3O2S2. The molecule has 0 bridgehead atoms.